The molecule has 1 aliphatic carbocycles. The van der Waals surface area contributed by atoms with Gasteiger partial charge in [-0.25, -0.2) is 4.79 Å². The van der Waals surface area contributed by atoms with Crippen LogP contribution >= 0.6 is 12.4 Å². The first-order chi connectivity index (χ1) is 14.1. The molecule has 0 aromatic heterocycles. The zero-order valence-corrected chi connectivity index (χ0v) is 18.2. The van der Waals surface area contributed by atoms with E-state index in [1.807, 2.05) is 6.07 Å². The van der Waals surface area contributed by atoms with Gasteiger partial charge in [0.1, 0.15) is 0 Å². The van der Waals surface area contributed by atoms with E-state index in [0.717, 1.165) is 19.5 Å². The van der Waals surface area contributed by atoms with Crippen LogP contribution < -0.4 is 15.2 Å². The van der Waals surface area contributed by atoms with Gasteiger partial charge < -0.3 is 19.9 Å². The van der Waals surface area contributed by atoms with Gasteiger partial charge in [-0.2, -0.15) is 0 Å². The standard InChI is InChI=1S/C23H28N2O4.ClH/c1-27-21-10-17(19(24)11-22(21)28-2)23(26)29-14-18-16-8-9-20(18)25(13-16)12-15-6-4-3-5-7-15;/h3-7,10-11,16,18,20H,8-9,12-14,24H2,1-2H3;1H. The SMILES string of the molecule is COc1cc(N)c(C(=O)OCC2C3CCC2N(Cc2ccccc2)C3)cc1OC.Cl. The second-order valence-electron chi connectivity index (χ2n) is 7.88. The molecule has 2 aromatic rings. The highest BCUT2D eigenvalue weighted by atomic mass is 35.5. The molecule has 6 nitrogen and oxygen atoms in total. The van der Waals surface area contributed by atoms with Crippen LogP contribution in [0.25, 0.3) is 0 Å². The van der Waals surface area contributed by atoms with E-state index in [2.05, 4.69) is 29.2 Å². The highest BCUT2D eigenvalue weighted by molar-refractivity contribution is 5.96. The number of methoxy groups -OCH3 is 2. The van der Waals surface area contributed by atoms with Crippen molar-refractivity contribution in [2.75, 3.05) is 33.1 Å². The summed E-state index contributed by atoms with van der Waals surface area (Å²) in [5.74, 6) is 1.50. The maximum Gasteiger partial charge on any atom is 0.340 e. The number of nitrogen functional groups attached to an aromatic ring is 1. The summed E-state index contributed by atoms with van der Waals surface area (Å²) in [7, 11) is 3.06. The minimum absolute atomic E-state index is 0. The van der Waals surface area contributed by atoms with Gasteiger partial charge in [-0.05, 0) is 24.3 Å². The highest BCUT2D eigenvalue weighted by Crippen LogP contribution is 2.43. The average molecular weight is 433 g/mol. The predicted octanol–water partition coefficient (Wildman–Crippen LogP) is 3.78. The number of anilines is 1. The van der Waals surface area contributed by atoms with Gasteiger partial charge in [0.2, 0.25) is 0 Å². The average Bonchev–Trinajstić information content (AvgIpc) is 3.29. The van der Waals surface area contributed by atoms with Crippen LogP contribution in [0.15, 0.2) is 42.5 Å². The molecule has 30 heavy (non-hydrogen) atoms. The summed E-state index contributed by atoms with van der Waals surface area (Å²) < 4.78 is 16.2. The number of nitrogens with zero attached hydrogens (tertiary/aromatic N) is 1. The van der Waals surface area contributed by atoms with Crippen molar-refractivity contribution in [1.29, 1.82) is 0 Å². The van der Waals surface area contributed by atoms with Crippen LogP contribution in [0.1, 0.15) is 28.8 Å². The Morgan fingerprint density at radius 2 is 1.80 bits per heavy atom. The second kappa shape index (κ2) is 9.58. The van der Waals surface area contributed by atoms with Gasteiger partial charge in [-0.3, -0.25) is 4.90 Å². The molecule has 3 atom stereocenters. The molecular weight excluding hydrogens is 404 g/mol. The molecule has 0 spiro atoms. The molecule has 162 valence electrons. The number of likely N-dealkylation sites (tertiary alicyclic amines) is 1. The number of fused-ring (bicyclic) bond motifs is 2. The van der Waals surface area contributed by atoms with Crippen molar-refractivity contribution >= 4 is 24.1 Å². The maximum absolute atomic E-state index is 12.7. The van der Waals surface area contributed by atoms with Crippen molar-refractivity contribution in [2.45, 2.75) is 25.4 Å². The topological polar surface area (TPSA) is 74.0 Å². The van der Waals surface area contributed by atoms with Gasteiger partial charge in [-0.1, -0.05) is 30.3 Å². The van der Waals surface area contributed by atoms with E-state index in [1.54, 1.807) is 12.1 Å². The lowest BCUT2D eigenvalue weighted by Crippen LogP contribution is -2.33. The Kier molecular flexibility index (Phi) is 7.10. The third-order valence-corrected chi connectivity index (χ3v) is 6.28. The molecule has 2 bridgehead atoms. The number of hydrogen-bond acceptors (Lipinski definition) is 6. The van der Waals surface area contributed by atoms with E-state index in [-0.39, 0.29) is 12.4 Å². The normalized spacial score (nSPS) is 22.4. The number of ether oxygens (including phenoxy) is 3. The molecule has 0 radical (unpaired) electrons. The van der Waals surface area contributed by atoms with Gasteiger partial charge in [0.15, 0.2) is 11.5 Å². The van der Waals surface area contributed by atoms with E-state index in [4.69, 9.17) is 19.9 Å². The molecule has 3 unspecified atom stereocenters. The number of carbonyl (C=O) groups is 1. The highest BCUT2D eigenvalue weighted by Gasteiger charge is 2.47. The van der Waals surface area contributed by atoms with Crippen molar-refractivity contribution in [1.82, 2.24) is 4.90 Å². The summed E-state index contributed by atoms with van der Waals surface area (Å²) in [5, 5.41) is 0. The second-order valence-corrected chi connectivity index (χ2v) is 7.88. The Bertz CT molecular complexity index is 877. The quantitative estimate of drug-likeness (QED) is 0.530. The fraction of sp³-hybridized carbons (Fsp3) is 0.435. The lowest BCUT2D eigenvalue weighted by Gasteiger charge is -2.27. The fourth-order valence-electron chi connectivity index (χ4n) is 4.81. The Balaban J connectivity index is 0.00000256. The van der Waals surface area contributed by atoms with E-state index >= 15 is 0 Å². The van der Waals surface area contributed by atoms with Crippen molar-refractivity contribution < 1.29 is 19.0 Å². The summed E-state index contributed by atoms with van der Waals surface area (Å²) in [6.45, 7) is 2.45. The molecule has 2 aliphatic rings. The molecular formula is C23H29ClN2O4. The lowest BCUT2D eigenvalue weighted by atomic mass is 9.99. The Labute approximate surface area is 183 Å². The first kappa shape index (κ1) is 22.2. The molecule has 2 fully saturated rings. The Morgan fingerprint density at radius 3 is 2.50 bits per heavy atom. The monoisotopic (exact) mass is 432 g/mol. The van der Waals surface area contributed by atoms with E-state index < -0.39 is 5.97 Å². The zero-order chi connectivity index (χ0) is 20.4. The summed E-state index contributed by atoms with van der Waals surface area (Å²) in [4.78, 5) is 15.2. The smallest absolute Gasteiger partial charge is 0.340 e. The molecule has 1 saturated carbocycles. The number of carbonyl (C=O) groups excluding carboxylic acids is 1. The van der Waals surface area contributed by atoms with Crippen LogP contribution in [-0.4, -0.2) is 44.3 Å². The van der Waals surface area contributed by atoms with Gasteiger partial charge in [-0.15, -0.1) is 12.4 Å². The molecule has 1 aliphatic heterocycles. The number of benzene rings is 2. The third-order valence-electron chi connectivity index (χ3n) is 6.28. The molecule has 0 amide bonds. The van der Waals surface area contributed by atoms with Crippen molar-refractivity contribution in [3.8, 4) is 11.5 Å². The molecule has 1 saturated heterocycles. The van der Waals surface area contributed by atoms with Crippen molar-refractivity contribution in [3.63, 3.8) is 0 Å². The summed E-state index contributed by atoms with van der Waals surface area (Å²) >= 11 is 0. The largest absolute Gasteiger partial charge is 0.493 e. The maximum atomic E-state index is 12.7. The van der Waals surface area contributed by atoms with Gasteiger partial charge >= 0.3 is 5.97 Å². The fourth-order valence-corrected chi connectivity index (χ4v) is 4.81. The molecule has 1 heterocycles. The van der Waals surface area contributed by atoms with E-state index in [9.17, 15) is 4.79 Å². The number of esters is 1. The molecule has 2 N–H and O–H groups in total. The minimum Gasteiger partial charge on any atom is -0.493 e. The predicted molar refractivity (Wildman–Crippen MR) is 118 cm³/mol. The first-order valence-corrected chi connectivity index (χ1v) is 10.1. The number of halogens is 1. The lowest BCUT2D eigenvalue weighted by molar-refractivity contribution is 0.0409. The Hall–Kier alpha value is -2.44. The molecule has 7 heteroatoms. The van der Waals surface area contributed by atoms with Gasteiger partial charge in [0.05, 0.1) is 32.1 Å². The van der Waals surface area contributed by atoms with Crippen LogP contribution in [-0.2, 0) is 11.3 Å². The number of hydrogen-bond donors (Lipinski definition) is 1. The van der Waals surface area contributed by atoms with Crippen LogP contribution in [0.5, 0.6) is 11.5 Å². The van der Waals surface area contributed by atoms with Gasteiger partial charge in [0.25, 0.3) is 0 Å². The zero-order valence-electron chi connectivity index (χ0n) is 17.4. The van der Waals surface area contributed by atoms with Gasteiger partial charge in [0, 0.05) is 37.2 Å². The van der Waals surface area contributed by atoms with Crippen LogP contribution in [0.2, 0.25) is 0 Å². The number of rotatable bonds is 7. The van der Waals surface area contributed by atoms with Crippen LogP contribution in [0.3, 0.4) is 0 Å². The van der Waals surface area contributed by atoms with E-state index in [0.29, 0.717) is 47.2 Å². The number of piperidine rings is 1. The summed E-state index contributed by atoms with van der Waals surface area (Å²) in [6, 6.07) is 14.2. The minimum atomic E-state index is -0.413. The molecule has 2 aromatic carbocycles. The molecule has 4 rings (SSSR count). The summed E-state index contributed by atoms with van der Waals surface area (Å²) in [5.41, 5.74) is 8.00. The van der Waals surface area contributed by atoms with Crippen molar-refractivity contribution in [3.05, 3.63) is 53.6 Å². The van der Waals surface area contributed by atoms with Crippen LogP contribution in [0, 0.1) is 11.8 Å². The van der Waals surface area contributed by atoms with Crippen LogP contribution in [0.4, 0.5) is 5.69 Å². The Morgan fingerprint density at radius 1 is 1.10 bits per heavy atom. The van der Waals surface area contributed by atoms with Crippen molar-refractivity contribution in [2.24, 2.45) is 11.8 Å². The van der Waals surface area contributed by atoms with E-state index in [1.165, 1.54) is 26.2 Å². The summed E-state index contributed by atoms with van der Waals surface area (Å²) in [6.07, 6.45) is 2.37. The number of nitrogens with two attached hydrogens (primary N) is 1. The third kappa shape index (κ3) is 4.35. The first-order valence-electron chi connectivity index (χ1n) is 10.1.